The predicted molar refractivity (Wildman–Crippen MR) is 61.4 cm³/mol. The molecule has 2 saturated carbocycles. The lowest BCUT2D eigenvalue weighted by Gasteiger charge is -2.47. The first kappa shape index (κ1) is 11.7. The second-order valence-electron chi connectivity index (χ2n) is 6.44. The van der Waals surface area contributed by atoms with E-state index in [-0.39, 0.29) is 35.5 Å². The molecule has 5 heteroatoms. The Bertz CT molecular complexity index is 440. The van der Waals surface area contributed by atoms with Crippen LogP contribution in [0.15, 0.2) is 0 Å². The van der Waals surface area contributed by atoms with E-state index in [2.05, 4.69) is 0 Å². The molecule has 18 heavy (non-hydrogen) atoms. The Kier molecular flexibility index (Phi) is 2.03. The summed E-state index contributed by atoms with van der Waals surface area (Å²) in [4.78, 5) is 36.9. The Morgan fingerprint density at radius 2 is 1.78 bits per heavy atom. The number of hydrogen-bond acceptors (Lipinski definition) is 3. The molecule has 1 aliphatic heterocycles. The van der Waals surface area contributed by atoms with Crippen LogP contribution in [0.2, 0.25) is 0 Å². The Morgan fingerprint density at radius 3 is 2.11 bits per heavy atom. The van der Waals surface area contributed by atoms with Crippen molar-refractivity contribution in [2.24, 2.45) is 17.3 Å². The third-order valence-electron chi connectivity index (χ3n) is 5.04. The molecule has 0 aromatic carbocycles. The summed E-state index contributed by atoms with van der Waals surface area (Å²) in [6.07, 6.45) is 2.06. The lowest BCUT2D eigenvalue weighted by molar-refractivity contribution is -0.158. The lowest BCUT2D eigenvalue weighted by atomic mass is 9.72. The molecule has 1 N–H and O–H groups in total. The van der Waals surface area contributed by atoms with Crippen molar-refractivity contribution in [3.05, 3.63) is 0 Å². The minimum Gasteiger partial charge on any atom is -0.481 e. The first-order chi connectivity index (χ1) is 8.31. The topological polar surface area (TPSA) is 74.7 Å². The normalized spacial score (nSPS) is 35.1. The van der Waals surface area contributed by atoms with Gasteiger partial charge in [0.05, 0.1) is 23.8 Å². The van der Waals surface area contributed by atoms with Crippen molar-refractivity contribution in [2.75, 3.05) is 0 Å². The standard InChI is InChI=1S/C13H17NO4/c1-12(2)8-9(12)11(18)14(10(8)17)13(4-3-5-13)6-7(15)16/h8-9H,3-6H2,1-2H3,(H,15,16). The smallest absolute Gasteiger partial charge is 0.305 e. The maximum Gasteiger partial charge on any atom is 0.305 e. The summed E-state index contributed by atoms with van der Waals surface area (Å²) in [6.45, 7) is 3.86. The highest BCUT2D eigenvalue weighted by Gasteiger charge is 2.75. The highest BCUT2D eigenvalue weighted by molar-refractivity contribution is 6.11. The Balaban J connectivity index is 1.88. The Hall–Kier alpha value is -1.39. The average Bonchev–Trinajstić information content (AvgIpc) is 2.64. The van der Waals surface area contributed by atoms with Gasteiger partial charge in [0.25, 0.3) is 0 Å². The van der Waals surface area contributed by atoms with Gasteiger partial charge in [-0.25, -0.2) is 0 Å². The molecule has 0 aromatic rings. The van der Waals surface area contributed by atoms with Crippen LogP contribution in [0.5, 0.6) is 0 Å². The van der Waals surface area contributed by atoms with Crippen molar-refractivity contribution in [1.29, 1.82) is 0 Å². The third kappa shape index (κ3) is 1.19. The fraction of sp³-hybridized carbons (Fsp3) is 0.769. The van der Waals surface area contributed by atoms with Gasteiger partial charge < -0.3 is 5.11 Å². The molecular weight excluding hydrogens is 234 g/mol. The van der Waals surface area contributed by atoms with Gasteiger partial charge in [-0.05, 0) is 24.7 Å². The van der Waals surface area contributed by atoms with Gasteiger partial charge in [-0.3, -0.25) is 19.3 Å². The molecule has 2 atom stereocenters. The molecule has 1 heterocycles. The minimum absolute atomic E-state index is 0.107. The summed E-state index contributed by atoms with van der Waals surface area (Å²) < 4.78 is 0. The van der Waals surface area contributed by atoms with Gasteiger partial charge in [0.1, 0.15) is 0 Å². The number of amides is 2. The van der Waals surface area contributed by atoms with E-state index in [1.165, 1.54) is 4.90 Å². The predicted octanol–water partition coefficient (Wildman–Crippen LogP) is 1.02. The van der Waals surface area contributed by atoms with Crippen molar-refractivity contribution in [3.63, 3.8) is 0 Å². The number of hydrogen-bond donors (Lipinski definition) is 1. The molecule has 98 valence electrons. The van der Waals surface area contributed by atoms with Crippen LogP contribution < -0.4 is 0 Å². The van der Waals surface area contributed by atoms with Crippen LogP contribution in [0.25, 0.3) is 0 Å². The van der Waals surface area contributed by atoms with Gasteiger partial charge in [0.15, 0.2) is 0 Å². The second kappa shape index (κ2) is 3.13. The molecule has 0 aromatic heterocycles. The number of carboxylic acids is 1. The van der Waals surface area contributed by atoms with Crippen LogP contribution >= 0.6 is 0 Å². The van der Waals surface area contributed by atoms with Gasteiger partial charge >= 0.3 is 5.97 Å². The van der Waals surface area contributed by atoms with Gasteiger partial charge in [-0.1, -0.05) is 13.8 Å². The molecule has 3 aliphatic rings. The molecule has 3 rings (SSSR count). The Morgan fingerprint density at radius 1 is 1.28 bits per heavy atom. The summed E-state index contributed by atoms with van der Waals surface area (Å²) in [6, 6.07) is 0. The number of aliphatic carboxylic acids is 1. The van der Waals surface area contributed by atoms with Crippen LogP contribution in [0.4, 0.5) is 0 Å². The van der Waals surface area contributed by atoms with Gasteiger partial charge in [-0.15, -0.1) is 0 Å². The molecule has 0 radical (unpaired) electrons. The van der Waals surface area contributed by atoms with E-state index in [1.54, 1.807) is 0 Å². The van der Waals surface area contributed by atoms with Crippen LogP contribution in [0.1, 0.15) is 39.5 Å². The summed E-state index contributed by atoms with van der Waals surface area (Å²) >= 11 is 0. The largest absolute Gasteiger partial charge is 0.481 e. The quantitative estimate of drug-likeness (QED) is 0.760. The molecular formula is C13H17NO4. The second-order valence-corrected chi connectivity index (χ2v) is 6.44. The van der Waals surface area contributed by atoms with Crippen LogP contribution in [0.3, 0.4) is 0 Å². The molecule has 5 nitrogen and oxygen atoms in total. The van der Waals surface area contributed by atoms with E-state index < -0.39 is 11.5 Å². The maximum atomic E-state index is 12.3. The lowest BCUT2D eigenvalue weighted by Crippen LogP contribution is -2.59. The van der Waals surface area contributed by atoms with Crippen LogP contribution in [0, 0.1) is 17.3 Å². The molecule has 3 fully saturated rings. The van der Waals surface area contributed by atoms with E-state index in [0.29, 0.717) is 12.8 Å². The monoisotopic (exact) mass is 251 g/mol. The summed E-state index contributed by atoms with van der Waals surface area (Å²) in [5.41, 5.74) is -0.942. The van der Waals surface area contributed by atoms with E-state index in [1.807, 2.05) is 13.8 Å². The van der Waals surface area contributed by atoms with Crippen molar-refractivity contribution >= 4 is 17.8 Å². The SMILES string of the molecule is CC1(C)C2C(=O)N(C3(CC(=O)O)CCC3)C(=O)C21. The fourth-order valence-corrected chi connectivity index (χ4v) is 3.76. The zero-order valence-electron chi connectivity index (χ0n) is 10.6. The summed E-state index contributed by atoms with van der Waals surface area (Å²) in [5, 5.41) is 8.98. The first-order valence-corrected chi connectivity index (χ1v) is 6.41. The number of fused-ring (bicyclic) bond motifs is 1. The highest BCUT2D eigenvalue weighted by atomic mass is 16.4. The van der Waals surface area contributed by atoms with Crippen molar-refractivity contribution in [2.45, 2.75) is 45.1 Å². The molecule has 2 aliphatic carbocycles. The third-order valence-corrected chi connectivity index (χ3v) is 5.04. The average molecular weight is 251 g/mol. The van der Waals surface area contributed by atoms with Crippen molar-refractivity contribution in [3.8, 4) is 0 Å². The summed E-state index contributed by atoms with van der Waals surface area (Å²) in [5.74, 6) is -1.64. The van der Waals surface area contributed by atoms with Crippen LogP contribution in [-0.4, -0.2) is 33.3 Å². The van der Waals surface area contributed by atoms with Gasteiger partial charge in [-0.2, -0.15) is 0 Å². The van der Waals surface area contributed by atoms with E-state index in [0.717, 1.165) is 6.42 Å². The highest BCUT2D eigenvalue weighted by Crippen LogP contribution is 2.65. The van der Waals surface area contributed by atoms with E-state index in [4.69, 9.17) is 5.11 Å². The zero-order chi connectivity index (χ0) is 13.3. The number of imide groups is 1. The zero-order valence-corrected chi connectivity index (χ0v) is 10.6. The van der Waals surface area contributed by atoms with E-state index in [9.17, 15) is 14.4 Å². The minimum atomic E-state index is -0.935. The number of carboxylic acid groups (broad SMARTS) is 1. The fourth-order valence-electron chi connectivity index (χ4n) is 3.76. The molecule has 2 amide bonds. The first-order valence-electron chi connectivity index (χ1n) is 6.41. The number of piperidine rings is 1. The molecule has 0 bridgehead atoms. The number of nitrogens with zero attached hydrogens (tertiary/aromatic N) is 1. The van der Waals surface area contributed by atoms with Crippen molar-refractivity contribution in [1.82, 2.24) is 4.90 Å². The number of likely N-dealkylation sites (tertiary alicyclic amines) is 1. The number of carbonyl (C=O) groups excluding carboxylic acids is 2. The van der Waals surface area contributed by atoms with Gasteiger partial charge in [0.2, 0.25) is 11.8 Å². The van der Waals surface area contributed by atoms with Gasteiger partial charge in [0, 0.05) is 0 Å². The van der Waals surface area contributed by atoms with Crippen molar-refractivity contribution < 1.29 is 19.5 Å². The molecule has 2 unspecified atom stereocenters. The Labute approximate surface area is 105 Å². The summed E-state index contributed by atoms with van der Waals surface area (Å²) in [7, 11) is 0. The van der Waals surface area contributed by atoms with E-state index >= 15 is 0 Å². The number of rotatable bonds is 3. The number of carbonyl (C=O) groups is 3. The van der Waals surface area contributed by atoms with Crippen LogP contribution in [-0.2, 0) is 14.4 Å². The molecule has 0 spiro atoms. The maximum absolute atomic E-state index is 12.3. The molecule has 1 saturated heterocycles.